The van der Waals surface area contributed by atoms with Crippen molar-refractivity contribution in [2.75, 3.05) is 79.9 Å². The number of rotatable bonds is 10. The Morgan fingerprint density at radius 3 is 2.55 bits per heavy atom. The summed E-state index contributed by atoms with van der Waals surface area (Å²) in [5.74, 6) is 0.847. The van der Waals surface area contributed by atoms with Gasteiger partial charge in [-0.05, 0) is 6.42 Å². The highest BCUT2D eigenvalue weighted by Gasteiger charge is 2.09. The summed E-state index contributed by atoms with van der Waals surface area (Å²) in [7, 11) is 3.47. The molecule has 0 radical (unpaired) electrons. The summed E-state index contributed by atoms with van der Waals surface area (Å²) < 4.78 is 15.7. The Bertz CT molecular complexity index is 277. The van der Waals surface area contributed by atoms with Gasteiger partial charge in [0.25, 0.3) is 0 Å². The number of halogens is 1. The van der Waals surface area contributed by atoms with Crippen LogP contribution in [0.15, 0.2) is 4.99 Å². The van der Waals surface area contributed by atoms with Crippen molar-refractivity contribution >= 4 is 29.9 Å². The monoisotopic (exact) mass is 430 g/mol. The number of hydrogen-bond acceptors (Lipinski definition) is 5. The molecule has 0 unspecified atom stereocenters. The van der Waals surface area contributed by atoms with E-state index in [1.165, 1.54) is 0 Å². The van der Waals surface area contributed by atoms with Gasteiger partial charge in [0.05, 0.1) is 26.4 Å². The van der Waals surface area contributed by atoms with Gasteiger partial charge in [0, 0.05) is 53.5 Å². The SMILES string of the molecule is CN=C(NCCCOCCOC)NCCN1CCOCC1.I. The average Bonchev–Trinajstić information content (AvgIpc) is 2.53. The van der Waals surface area contributed by atoms with Crippen LogP contribution in [0.1, 0.15) is 6.42 Å². The average molecular weight is 430 g/mol. The third-order valence-corrected chi connectivity index (χ3v) is 3.24. The number of hydrogen-bond donors (Lipinski definition) is 2. The number of morpholine rings is 1. The third kappa shape index (κ3) is 11.4. The summed E-state index contributed by atoms with van der Waals surface area (Å²) in [6.45, 7) is 8.53. The number of guanidine groups is 1. The minimum Gasteiger partial charge on any atom is -0.382 e. The van der Waals surface area contributed by atoms with Crippen LogP contribution in [0.2, 0.25) is 0 Å². The molecule has 0 aromatic rings. The second-order valence-corrected chi connectivity index (χ2v) is 4.84. The van der Waals surface area contributed by atoms with E-state index in [0.717, 1.165) is 64.9 Å². The van der Waals surface area contributed by atoms with Gasteiger partial charge in [-0.2, -0.15) is 0 Å². The van der Waals surface area contributed by atoms with Crippen molar-refractivity contribution in [3.8, 4) is 0 Å². The number of ether oxygens (including phenoxy) is 3. The van der Waals surface area contributed by atoms with Gasteiger partial charge in [0.1, 0.15) is 0 Å². The lowest BCUT2D eigenvalue weighted by Gasteiger charge is -2.26. The maximum Gasteiger partial charge on any atom is 0.191 e. The molecular formula is C14H31IN4O3. The Balaban J connectivity index is 0.00000441. The predicted molar refractivity (Wildman–Crippen MR) is 99.4 cm³/mol. The summed E-state index contributed by atoms with van der Waals surface area (Å²) in [4.78, 5) is 6.60. The van der Waals surface area contributed by atoms with Crippen LogP contribution < -0.4 is 10.6 Å². The first-order valence-corrected chi connectivity index (χ1v) is 7.68. The summed E-state index contributed by atoms with van der Waals surface area (Å²) in [5, 5.41) is 6.61. The molecule has 0 spiro atoms. The molecule has 8 heteroatoms. The maximum atomic E-state index is 5.41. The number of nitrogens with zero attached hydrogens (tertiary/aromatic N) is 2. The molecule has 1 aliphatic rings. The second kappa shape index (κ2) is 15.7. The van der Waals surface area contributed by atoms with Gasteiger partial charge in [-0.3, -0.25) is 9.89 Å². The lowest BCUT2D eigenvalue weighted by atomic mass is 10.4. The van der Waals surface area contributed by atoms with Crippen molar-refractivity contribution in [1.82, 2.24) is 15.5 Å². The number of nitrogens with one attached hydrogen (secondary N) is 2. The molecule has 0 amide bonds. The molecule has 132 valence electrons. The first-order chi connectivity index (χ1) is 10.4. The van der Waals surface area contributed by atoms with Crippen LogP contribution in [0, 0.1) is 0 Å². The first kappa shape index (κ1) is 21.8. The predicted octanol–water partition coefficient (Wildman–Crippen LogP) is 0.155. The summed E-state index contributed by atoms with van der Waals surface area (Å²) in [6, 6.07) is 0. The first-order valence-electron chi connectivity index (χ1n) is 7.68. The van der Waals surface area contributed by atoms with Gasteiger partial charge in [-0.1, -0.05) is 0 Å². The maximum absolute atomic E-state index is 5.41. The number of methoxy groups -OCH3 is 1. The van der Waals surface area contributed by atoms with E-state index in [1.807, 2.05) is 0 Å². The number of aliphatic imine (C=N–C) groups is 1. The van der Waals surface area contributed by atoms with Crippen LogP contribution in [0.4, 0.5) is 0 Å². The fourth-order valence-corrected chi connectivity index (χ4v) is 2.00. The van der Waals surface area contributed by atoms with Crippen molar-refractivity contribution in [1.29, 1.82) is 0 Å². The Morgan fingerprint density at radius 1 is 1.14 bits per heavy atom. The normalized spacial score (nSPS) is 16.2. The summed E-state index contributed by atoms with van der Waals surface area (Å²) in [5.41, 5.74) is 0. The lowest BCUT2D eigenvalue weighted by Crippen LogP contribution is -2.44. The van der Waals surface area contributed by atoms with Gasteiger partial charge >= 0.3 is 0 Å². The molecule has 2 N–H and O–H groups in total. The Hall–Kier alpha value is -0.160. The van der Waals surface area contributed by atoms with Crippen LogP contribution in [0.3, 0.4) is 0 Å². The Morgan fingerprint density at radius 2 is 1.86 bits per heavy atom. The topological polar surface area (TPSA) is 67.4 Å². The van der Waals surface area contributed by atoms with Gasteiger partial charge < -0.3 is 24.8 Å². The fourth-order valence-electron chi connectivity index (χ4n) is 2.00. The molecule has 0 aliphatic carbocycles. The Labute approximate surface area is 151 Å². The fraction of sp³-hybridized carbons (Fsp3) is 0.929. The molecule has 0 atom stereocenters. The van der Waals surface area contributed by atoms with Gasteiger partial charge in [-0.25, -0.2) is 0 Å². The zero-order valence-corrected chi connectivity index (χ0v) is 16.1. The highest BCUT2D eigenvalue weighted by atomic mass is 127. The van der Waals surface area contributed by atoms with Crippen molar-refractivity contribution in [2.45, 2.75) is 6.42 Å². The van der Waals surface area contributed by atoms with Crippen LogP contribution in [0.25, 0.3) is 0 Å². The molecule has 1 rings (SSSR count). The van der Waals surface area contributed by atoms with Crippen molar-refractivity contribution in [3.05, 3.63) is 0 Å². The van der Waals surface area contributed by atoms with E-state index in [9.17, 15) is 0 Å². The standard InChI is InChI=1S/C14H30N4O3.HI/c1-15-14(16-4-3-9-20-13-12-19-2)17-5-6-18-7-10-21-11-8-18;/h3-13H2,1-2H3,(H2,15,16,17);1H. The molecule has 1 saturated heterocycles. The van der Waals surface area contributed by atoms with E-state index >= 15 is 0 Å². The Kier molecular flexibility index (Phi) is 15.6. The highest BCUT2D eigenvalue weighted by molar-refractivity contribution is 14.0. The van der Waals surface area contributed by atoms with Crippen LogP contribution in [-0.2, 0) is 14.2 Å². The minimum absolute atomic E-state index is 0. The minimum atomic E-state index is 0. The highest BCUT2D eigenvalue weighted by Crippen LogP contribution is 1.94. The van der Waals surface area contributed by atoms with Crippen LogP contribution in [0.5, 0.6) is 0 Å². The molecule has 0 saturated carbocycles. The molecule has 1 heterocycles. The van der Waals surface area contributed by atoms with Gasteiger partial charge in [0.2, 0.25) is 0 Å². The molecule has 7 nitrogen and oxygen atoms in total. The molecular weight excluding hydrogens is 399 g/mol. The van der Waals surface area contributed by atoms with E-state index in [2.05, 4.69) is 20.5 Å². The van der Waals surface area contributed by atoms with E-state index < -0.39 is 0 Å². The third-order valence-electron chi connectivity index (χ3n) is 3.24. The smallest absolute Gasteiger partial charge is 0.191 e. The molecule has 0 aromatic heterocycles. The van der Waals surface area contributed by atoms with Crippen molar-refractivity contribution in [3.63, 3.8) is 0 Å². The zero-order valence-electron chi connectivity index (χ0n) is 13.8. The largest absolute Gasteiger partial charge is 0.382 e. The van der Waals surface area contributed by atoms with Gasteiger partial charge in [-0.15, -0.1) is 24.0 Å². The second-order valence-electron chi connectivity index (χ2n) is 4.84. The molecule has 1 fully saturated rings. The summed E-state index contributed by atoms with van der Waals surface area (Å²) >= 11 is 0. The quantitative estimate of drug-likeness (QED) is 0.223. The van der Waals surface area contributed by atoms with Gasteiger partial charge in [0.15, 0.2) is 5.96 Å². The van der Waals surface area contributed by atoms with Crippen molar-refractivity contribution in [2.24, 2.45) is 4.99 Å². The molecule has 0 bridgehead atoms. The molecule has 1 aliphatic heterocycles. The van der Waals surface area contributed by atoms with Crippen LogP contribution >= 0.6 is 24.0 Å². The lowest BCUT2D eigenvalue weighted by molar-refractivity contribution is 0.0389. The molecule has 22 heavy (non-hydrogen) atoms. The molecule has 0 aromatic carbocycles. The van der Waals surface area contributed by atoms with E-state index in [0.29, 0.717) is 13.2 Å². The summed E-state index contributed by atoms with van der Waals surface area (Å²) in [6.07, 6.45) is 0.952. The van der Waals surface area contributed by atoms with Crippen LogP contribution in [-0.4, -0.2) is 90.8 Å². The van der Waals surface area contributed by atoms with Crippen molar-refractivity contribution < 1.29 is 14.2 Å². The van der Waals surface area contributed by atoms with E-state index in [1.54, 1.807) is 14.2 Å². The van der Waals surface area contributed by atoms with E-state index in [4.69, 9.17) is 14.2 Å². The van der Waals surface area contributed by atoms with E-state index in [-0.39, 0.29) is 24.0 Å². The zero-order chi connectivity index (χ0) is 15.2.